The molecule has 2 rings (SSSR count). The third kappa shape index (κ3) is 3.57. The number of amides is 2. The average Bonchev–Trinajstić information content (AvgIpc) is 2.32. The molecule has 1 aliphatic heterocycles. The van der Waals surface area contributed by atoms with E-state index in [1.54, 1.807) is 0 Å². The third-order valence-electron chi connectivity index (χ3n) is 2.88. The molecule has 1 heterocycles. The molecule has 1 fully saturated rings. The monoisotopic (exact) mass is 311 g/mol. The van der Waals surface area contributed by atoms with E-state index in [1.165, 1.54) is 0 Å². The zero-order valence-electron chi connectivity index (χ0n) is 9.82. The maximum atomic E-state index is 11.5. The van der Waals surface area contributed by atoms with Gasteiger partial charge in [0.15, 0.2) is 0 Å². The van der Waals surface area contributed by atoms with Crippen LogP contribution in [0.2, 0.25) is 0 Å². The van der Waals surface area contributed by atoms with Crippen LogP contribution in [-0.2, 0) is 9.59 Å². The fraction of sp³-hybridized carbons (Fsp3) is 0.385. The summed E-state index contributed by atoms with van der Waals surface area (Å²) in [5.41, 5.74) is 0. The first kappa shape index (κ1) is 13.1. The Bertz CT molecular complexity index is 461. The maximum absolute atomic E-state index is 11.5. The van der Waals surface area contributed by atoms with Crippen molar-refractivity contribution in [2.24, 2.45) is 5.92 Å². The van der Waals surface area contributed by atoms with Gasteiger partial charge in [0.2, 0.25) is 11.8 Å². The van der Waals surface area contributed by atoms with Gasteiger partial charge < -0.3 is 4.74 Å². The summed E-state index contributed by atoms with van der Waals surface area (Å²) < 4.78 is 6.53. The van der Waals surface area contributed by atoms with E-state index in [1.807, 2.05) is 24.3 Å². The lowest BCUT2D eigenvalue weighted by molar-refractivity contribution is -0.136. The van der Waals surface area contributed by atoms with E-state index < -0.39 is 0 Å². The number of carbonyl (C=O) groups is 2. The van der Waals surface area contributed by atoms with Crippen LogP contribution in [0, 0.1) is 5.92 Å². The first-order valence-electron chi connectivity index (χ1n) is 5.87. The van der Waals surface area contributed by atoms with Crippen molar-refractivity contribution in [2.45, 2.75) is 19.3 Å². The van der Waals surface area contributed by atoms with Crippen LogP contribution in [0.4, 0.5) is 0 Å². The molecule has 1 N–H and O–H groups in total. The summed E-state index contributed by atoms with van der Waals surface area (Å²) in [6, 6.07) is 7.57. The van der Waals surface area contributed by atoms with Crippen LogP contribution in [0.3, 0.4) is 0 Å². The zero-order valence-corrected chi connectivity index (χ0v) is 11.4. The maximum Gasteiger partial charge on any atom is 0.229 e. The number of nitrogens with one attached hydrogen (secondary N) is 1. The summed E-state index contributed by atoms with van der Waals surface area (Å²) >= 11 is 3.37. The standard InChI is InChI=1S/C13H14BrNO3/c14-10-2-1-3-11(8-10)18-7-6-9-4-5-12(16)15-13(9)17/h1-3,8-9H,4-7H2,(H,15,16,17). The van der Waals surface area contributed by atoms with Crippen LogP contribution in [0.15, 0.2) is 28.7 Å². The smallest absolute Gasteiger partial charge is 0.229 e. The second-order valence-corrected chi connectivity index (χ2v) is 5.16. The largest absolute Gasteiger partial charge is 0.494 e. The van der Waals surface area contributed by atoms with Crippen molar-refractivity contribution >= 4 is 27.7 Å². The predicted octanol–water partition coefficient (Wildman–Crippen LogP) is 2.27. The molecule has 96 valence electrons. The Morgan fingerprint density at radius 2 is 2.22 bits per heavy atom. The molecule has 0 aliphatic carbocycles. The van der Waals surface area contributed by atoms with E-state index in [9.17, 15) is 9.59 Å². The number of benzene rings is 1. The molecule has 0 bridgehead atoms. The summed E-state index contributed by atoms with van der Waals surface area (Å²) in [6.45, 7) is 0.475. The Morgan fingerprint density at radius 3 is 2.94 bits per heavy atom. The molecule has 1 saturated heterocycles. The number of hydrogen-bond donors (Lipinski definition) is 1. The van der Waals surface area contributed by atoms with Gasteiger partial charge in [-0.1, -0.05) is 22.0 Å². The van der Waals surface area contributed by atoms with E-state index in [0.717, 1.165) is 10.2 Å². The van der Waals surface area contributed by atoms with Gasteiger partial charge in [-0.15, -0.1) is 0 Å². The van der Waals surface area contributed by atoms with Gasteiger partial charge in [-0.2, -0.15) is 0 Å². The molecule has 0 spiro atoms. The SMILES string of the molecule is O=C1CCC(CCOc2cccc(Br)c2)C(=O)N1. The minimum Gasteiger partial charge on any atom is -0.494 e. The van der Waals surface area contributed by atoms with E-state index in [0.29, 0.717) is 25.9 Å². The van der Waals surface area contributed by atoms with Crippen LogP contribution in [0.25, 0.3) is 0 Å². The molecule has 5 heteroatoms. The number of halogens is 1. The minimum atomic E-state index is -0.177. The second-order valence-electron chi connectivity index (χ2n) is 4.24. The van der Waals surface area contributed by atoms with Crippen molar-refractivity contribution in [3.63, 3.8) is 0 Å². The summed E-state index contributed by atoms with van der Waals surface area (Å²) in [6.07, 6.45) is 1.67. The molecule has 0 aromatic heterocycles. The van der Waals surface area contributed by atoms with E-state index in [2.05, 4.69) is 21.2 Å². The third-order valence-corrected chi connectivity index (χ3v) is 3.38. The van der Waals surface area contributed by atoms with Gasteiger partial charge in [-0.25, -0.2) is 0 Å². The molecule has 1 atom stereocenters. The molecule has 1 unspecified atom stereocenters. The van der Waals surface area contributed by atoms with Crippen molar-refractivity contribution in [3.8, 4) is 5.75 Å². The van der Waals surface area contributed by atoms with Gasteiger partial charge >= 0.3 is 0 Å². The summed E-state index contributed by atoms with van der Waals surface area (Å²) in [5, 5.41) is 2.35. The molecular formula is C13H14BrNO3. The molecule has 2 amide bonds. The number of ether oxygens (including phenoxy) is 1. The Hall–Kier alpha value is -1.36. The van der Waals surface area contributed by atoms with Gasteiger partial charge in [-0.3, -0.25) is 14.9 Å². The van der Waals surface area contributed by atoms with Gasteiger partial charge in [0.05, 0.1) is 6.61 Å². The van der Waals surface area contributed by atoms with Crippen LogP contribution in [0.5, 0.6) is 5.75 Å². The van der Waals surface area contributed by atoms with Crippen molar-refractivity contribution in [3.05, 3.63) is 28.7 Å². The van der Waals surface area contributed by atoms with Crippen LogP contribution < -0.4 is 10.1 Å². The van der Waals surface area contributed by atoms with Crippen molar-refractivity contribution in [1.29, 1.82) is 0 Å². The Balaban J connectivity index is 1.78. The molecule has 0 saturated carbocycles. The number of hydrogen-bond acceptors (Lipinski definition) is 3. The van der Waals surface area contributed by atoms with Crippen molar-refractivity contribution in [2.75, 3.05) is 6.61 Å². The van der Waals surface area contributed by atoms with Crippen LogP contribution >= 0.6 is 15.9 Å². The van der Waals surface area contributed by atoms with E-state index >= 15 is 0 Å². The second kappa shape index (κ2) is 6.00. The van der Waals surface area contributed by atoms with Gasteiger partial charge in [0.1, 0.15) is 5.75 Å². The first-order chi connectivity index (χ1) is 8.65. The average molecular weight is 312 g/mol. The lowest BCUT2D eigenvalue weighted by Crippen LogP contribution is -2.41. The van der Waals surface area contributed by atoms with Gasteiger partial charge in [0.25, 0.3) is 0 Å². The highest BCUT2D eigenvalue weighted by Crippen LogP contribution is 2.20. The molecule has 1 aromatic rings. The number of carbonyl (C=O) groups excluding carboxylic acids is 2. The van der Waals surface area contributed by atoms with Gasteiger partial charge in [-0.05, 0) is 31.0 Å². The van der Waals surface area contributed by atoms with Crippen molar-refractivity contribution in [1.82, 2.24) is 5.32 Å². The number of imide groups is 1. The molecule has 1 aromatic carbocycles. The quantitative estimate of drug-likeness (QED) is 0.868. The highest BCUT2D eigenvalue weighted by molar-refractivity contribution is 9.10. The predicted molar refractivity (Wildman–Crippen MR) is 70.1 cm³/mol. The lowest BCUT2D eigenvalue weighted by atomic mass is 9.95. The highest BCUT2D eigenvalue weighted by atomic mass is 79.9. The number of rotatable bonds is 4. The van der Waals surface area contributed by atoms with E-state index in [-0.39, 0.29) is 17.7 Å². The fourth-order valence-electron chi connectivity index (χ4n) is 1.89. The van der Waals surface area contributed by atoms with E-state index in [4.69, 9.17) is 4.74 Å². The fourth-order valence-corrected chi connectivity index (χ4v) is 2.27. The Kier molecular flexibility index (Phi) is 4.36. The summed E-state index contributed by atoms with van der Waals surface area (Å²) in [4.78, 5) is 22.5. The molecule has 4 nitrogen and oxygen atoms in total. The highest BCUT2D eigenvalue weighted by Gasteiger charge is 2.26. The molecular weight excluding hydrogens is 298 g/mol. The molecule has 18 heavy (non-hydrogen) atoms. The Labute approximate surface area is 114 Å². The molecule has 1 aliphatic rings. The van der Waals surface area contributed by atoms with Crippen LogP contribution in [0.1, 0.15) is 19.3 Å². The first-order valence-corrected chi connectivity index (χ1v) is 6.66. The topological polar surface area (TPSA) is 55.4 Å². The summed E-state index contributed by atoms with van der Waals surface area (Å²) in [7, 11) is 0. The molecule has 0 radical (unpaired) electrons. The minimum absolute atomic E-state index is 0.116. The number of piperidine rings is 1. The zero-order chi connectivity index (χ0) is 13.0. The normalized spacial score (nSPS) is 19.5. The van der Waals surface area contributed by atoms with Gasteiger partial charge in [0, 0.05) is 16.8 Å². The Morgan fingerprint density at radius 1 is 1.39 bits per heavy atom. The lowest BCUT2D eigenvalue weighted by Gasteiger charge is -2.20. The van der Waals surface area contributed by atoms with Crippen LogP contribution in [-0.4, -0.2) is 18.4 Å². The summed E-state index contributed by atoms with van der Waals surface area (Å²) in [5.74, 6) is 0.305. The van der Waals surface area contributed by atoms with Crippen molar-refractivity contribution < 1.29 is 14.3 Å².